The van der Waals surface area contributed by atoms with Crippen LogP contribution in [0, 0.1) is 0 Å². The molecule has 2 unspecified atom stereocenters. The number of carbonyl (C=O) groups is 6. The monoisotopic (exact) mass is 1180 g/mol. The van der Waals surface area contributed by atoms with Crippen LogP contribution in [0.25, 0.3) is 0 Å². The lowest BCUT2D eigenvalue weighted by Crippen LogP contribution is -2.51. The van der Waals surface area contributed by atoms with E-state index in [9.17, 15) is 52.5 Å². The maximum absolute atomic E-state index is 15.4. The first-order chi connectivity index (χ1) is 32.5. The van der Waals surface area contributed by atoms with Gasteiger partial charge in [0.25, 0.3) is 0 Å². The fraction of sp³-hybridized carbons (Fsp3) is 0.476. The van der Waals surface area contributed by atoms with E-state index in [4.69, 9.17) is 44.5 Å². The van der Waals surface area contributed by atoms with E-state index in [2.05, 4.69) is 42.0 Å². The van der Waals surface area contributed by atoms with E-state index in [1.165, 1.54) is 32.9 Å². The SMILES string of the molecule is CC(=O)[C@H](C)NP(=O)(OC[C@H]1O[C@@H](N2C=CC(=O)CC2=O)[C@](C)(F)[C@@H]1O)Oc1ccc(Br)cc1.C[C@@]1(F)[C@H](O)[C@@H](CO)O[C@H]1N1C=CC(=O)CC1=O.C[C@H](NP(=O)(Cl)Oc1ccc(Br)cc1)C(=O)CO. The van der Waals surface area contributed by atoms with Gasteiger partial charge in [-0.3, -0.25) is 43.1 Å². The molecule has 0 bridgehead atoms. The van der Waals surface area contributed by atoms with Crippen LogP contribution in [0.15, 0.2) is 82.0 Å². The van der Waals surface area contributed by atoms with Gasteiger partial charge in [-0.1, -0.05) is 31.9 Å². The predicted octanol–water partition coefficient (Wildman–Crippen LogP) is 4.47. The number of nitrogens with one attached hydrogen (secondary N) is 2. The van der Waals surface area contributed by atoms with E-state index < -0.39 is 125 Å². The summed E-state index contributed by atoms with van der Waals surface area (Å²) in [5.41, 5.74) is -4.64. The van der Waals surface area contributed by atoms with Crippen molar-refractivity contribution in [1.82, 2.24) is 20.0 Å². The summed E-state index contributed by atoms with van der Waals surface area (Å²) in [7, 11) is -4.20. The van der Waals surface area contributed by atoms with Crippen molar-refractivity contribution in [3.8, 4) is 11.5 Å². The van der Waals surface area contributed by atoms with Gasteiger partial charge in [0.15, 0.2) is 41.1 Å². The van der Waals surface area contributed by atoms with Crippen LogP contribution in [0.3, 0.4) is 0 Å². The number of alkyl halides is 2. The number of halogens is 5. The summed E-state index contributed by atoms with van der Waals surface area (Å²) >= 11 is 12.2. The zero-order chi connectivity index (χ0) is 52.5. The molecule has 2 aromatic carbocycles. The van der Waals surface area contributed by atoms with E-state index in [0.29, 0.717) is 5.75 Å². The second kappa shape index (κ2) is 24.9. The molecule has 4 heterocycles. The van der Waals surface area contributed by atoms with Crippen molar-refractivity contribution in [1.29, 1.82) is 0 Å². The summed E-state index contributed by atoms with van der Waals surface area (Å²) in [5.74, 6) is -2.45. The second-order valence-corrected chi connectivity index (χ2v) is 22.5. The summed E-state index contributed by atoms with van der Waals surface area (Å²) < 4.78 is 83.4. The molecule has 0 radical (unpaired) electrons. The number of allylic oxidation sites excluding steroid dienone is 2. The number of aliphatic hydroxyl groups excluding tert-OH is 4. The molecule has 0 aromatic heterocycles. The summed E-state index contributed by atoms with van der Waals surface area (Å²) in [6.07, 6.45) is -4.91. The zero-order valence-electron chi connectivity index (χ0n) is 37.9. The van der Waals surface area contributed by atoms with Crippen LogP contribution in [0.4, 0.5) is 8.78 Å². The molecule has 4 aliphatic heterocycles. The van der Waals surface area contributed by atoms with Gasteiger partial charge in [-0.15, -0.1) is 0 Å². The normalized spacial score (nSPS) is 28.9. The fourth-order valence-corrected chi connectivity index (χ4v) is 10.4. The molecule has 2 amide bonds. The van der Waals surface area contributed by atoms with Crippen LogP contribution in [0.1, 0.15) is 47.5 Å². The molecule has 12 atom stereocenters. The van der Waals surface area contributed by atoms with Gasteiger partial charge in [-0.25, -0.2) is 28.1 Å². The van der Waals surface area contributed by atoms with Crippen LogP contribution in [0.2, 0.25) is 0 Å². The molecule has 2 aromatic rings. The van der Waals surface area contributed by atoms with Gasteiger partial charge >= 0.3 is 14.6 Å². The highest BCUT2D eigenvalue weighted by molar-refractivity contribution is 9.10. The van der Waals surface area contributed by atoms with Crippen molar-refractivity contribution < 1.29 is 90.1 Å². The minimum absolute atomic E-state index is 0.171. The number of carbonyl (C=O) groups excluding carboxylic acids is 6. The van der Waals surface area contributed by atoms with E-state index in [1.54, 1.807) is 36.4 Å². The highest BCUT2D eigenvalue weighted by Crippen LogP contribution is 2.49. The van der Waals surface area contributed by atoms with Gasteiger partial charge in [0.05, 0.1) is 38.1 Å². The molecule has 6 rings (SSSR count). The third kappa shape index (κ3) is 15.7. The number of ether oxygens (including phenoxy) is 2. The largest absolute Gasteiger partial charge is 0.459 e. The van der Waals surface area contributed by atoms with Crippen molar-refractivity contribution in [2.45, 2.75) is 108 Å². The average Bonchev–Trinajstić information content (AvgIpc) is 3.65. The third-order valence-electron chi connectivity index (χ3n) is 10.6. The second-order valence-electron chi connectivity index (χ2n) is 16.2. The van der Waals surface area contributed by atoms with Crippen molar-refractivity contribution in [2.75, 3.05) is 19.8 Å². The van der Waals surface area contributed by atoms with Crippen LogP contribution in [0.5, 0.6) is 11.5 Å². The summed E-state index contributed by atoms with van der Waals surface area (Å²) in [6, 6.07) is 11.1. The lowest BCUT2D eigenvalue weighted by molar-refractivity contribution is -0.151. The molecule has 0 saturated carbocycles. The van der Waals surface area contributed by atoms with E-state index in [1.807, 2.05) is 0 Å². The lowest BCUT2D eigenvalue weighted by Gasteiger charge is -2.32. The molecule has 21 nitrogen and oxygen atoms in total. The molecule has 0 spiro atoms. The van der Waals surface area contributed by atoms with Crippen LogP contribution >= 0.6 is 57.7 Å². The van der Waals surface area contributed by atoms with Gasteiger partial charge in [0.1, 0.15) is 48.3 Å². The Hall–Kier alpha value is -3.65. The number of hydrogen-bond donors (Lipinski definition) is 6. The molecular formula is C42H51Br2ClF2N4O17P2. The summed E-state index contributed by atoms with van der Waals surface area (Å²) in [6.45, 7) is 0.871. The van der Waals surface area contributed by atoms with Crippen molar-refractivity contribution in [3.63, 3.8) is 0 Å². The minimum atomic E-state index is -4.20. The number of amides is 2. The molecule has 2 fully saturated rings. The number of nitrogens with zero attached hydrogens (tertiary/aromatic N) is 2. The van der Waals surface area contributed by atoms with Gasteiger partial charge in [-0.2, -0.15) is 0 Å². The zero-order valence-corrected chi connectivity index (χ0v) is 43.6. The third-order valence-corrected chi connectivity index (χ3v) is 15.0. The highest BCUT2D eigenvalue weighted by Gasteiger charge is 2.58. The standard InChI is InChI=1S/C21H25BrFN2O8P.C11H14FNO5.C10H12BrClNO4P/c1-12(13(2)26)24-34(30,33-16-6-4-14(22)5-7-16)31-11-17-19(29)21(3,23)20(32-17)25-9-8-15(27)10-18(25)28;1-11(12)9(17)7(5-14)18-10(11)13-3-2-6(15)4-8(13)16;1-7(10(15)6-14)13-18(12,16)17-9-4-2-8(11)3-5-9/h4-9,12,17,19-20,29H,10-11H2,1-3H3,(H,24,30);2-3,7,9-10,14,17H,4-5H2,1H3;2-5,7,14H,6H2,1H3,(H,13,16)/t12-,17+,19+,20+,21+,34?;7-,9-,10-,11-;7-,18?/m010/s1. The predicted molar refractivity (Wildman–Crippen MR) is 251 cm³/mol. The number of benzene rings is 2. The quantitative estimate of drug-likeness (QED) is 0.0941. The smallest absolute Gasteiger partial charge is 0.422 e. The highest BCUT2D eigenvalue weighted by atomic mass is 79.9. The van der Waals surface area contributed by atoms with Gasteiger partial charge in [-0.05, 0) is 95.3 Å². The van der Waals surface area contributed by atoms with Crippen LogP contribution in [-0.4, -0.2) is 145 Å². The Balaban J connectivity index is 0.000000250. The first-order valence-corrected chi connectivity index (χ1v) is 26.5. The Morgan fingerprint density at radius 1 is 0.786 bits per heavy atom. The number of aliphatic hydroxyl groups is 4. The Kier molecular flexibility index (Phi) is 20.9. The molecule has 70 heavy (non-hydrogen) atoms. The summed E-state index contributed by atoms with van der Waals surface area (Å²) in [5, 5.41) is 42.7. The van der Waals surface area contributed by atoms with Gasteiger partial charge < -0.3 is 38.9 Å². The van der Waals surface area contributed by atoms with Crippen molar-refractivity contribution >= 4 is 92.7 Å². The van der Waals surface area contributed by atoms with Gasteiger partial charge in [0, 0.05) is 32.6 Å². The maximum Gasteiger partial charge on any atom is 0.459 e. The van der Waals surface area contributed by atoms with Crippen molar-refractivity contribution in [2.24, 2.45) is 0 Å². The number of hydrogen-bond acceptors (Lipinski definition) is 17. The maximum atomic E-state index is 15.4. The Morgan fingerprint density at radius 3 is 1.61 bits per heavy atom. The molecule has 28 heteroatoms. The first kappa shape index (κ1) is 58.9. The Labute approximate surface area is 421 Å². The van der Waals surface area contributed by atoms with E-state index >= 15 is 4.39 Å². The average molecular weight is 1180 g/mol. The lowest BCUT2D eigenvalue weighted by atomic mass is 9.97. The molecule has 4 aliphatic rings. The first-order valence-electron chi connectivity index (χ1n) is 20.9. The fourth-order valence-electron chi connectivity index (χ4n) is 6.54. The topological polar surface area (TPSA) is 294 Å². The molecule has 0 aliphatic carbocycles. The minimum Gasteiger partial charge on any atom is -0.422 e. The Bertz CT molecular complexity index is 2400. The number of ketones is 4. The Morgan fingerprint density at radius 2 is 1.21 bits per heavy atom. The van der Waals surface area contributed by atoms with E-state index in [0.717, 1.165) is 57.1 Å². The molecular weight excluding hydrogens is 1130 g/mol. The number of rotatable bonds is 17. The van der Waals surface area contributed by atoms with Crippen LogP contribution in [-0.2, 0) is 51.9 Å². The number of Topliss-reactive ketones (excluding diaryl/α,β-unsaturated/α-hetero) is 2. The van der Waals surface area contributed by atoms with Crippen LogP contribution < -0.4 is 19.2 Å². The van der Waals surface area contributed by atoms with E-state index in [-0.39, 0.29) is 23.7 Å². The van der Waals surface area contributed by atoms with Crippen molar-refractivity contribution in [3.05, 3.63) is 82.0 Å². The molecule has 6 N–H and O–H groups in total. The molecule has 386 valence electrons. The molecule has 2 saturated heterocycles. The van der Waals surface area contributed by atoms with Gasteiger partial charge in [0.2, 0.25) is 11.8 Å². The summed E-state index contributed by atoms with van der Waals surface area (Å²) in [4.78, 5) is 71.0.